The van der Waals surface area contributed by atoms with E-state index in [4.69, 9.17) is 5.11 Å². The van der Waals surface area contributed by atoms with Crippen molar-refractivity contribution in [2.45, 2.75) is 13.8 Å². The predicted octanol–water partition coefficient (Wildman–Crippen LogP) is 4.86. The minimum atomic E-state index is -0.996. The van der Waals surface area contributed by atoms with Gasteiger partial charge in [-0.25, -0.2) is 14.8 Å². The number of anilines is 2. The number of aliphatic carboxylic acids is 1. The van der Waals surface area contributed by atoms with Gasteiger partial charge in [-0.05, 0) is 37.3 Å². The molecule has 0 fully saturated rings. The van der Waals surface area contributed by atoms with E-state index < -0.39 is 5.97 Å². The molecule has 0 unspecified atom stereocenters. The van der Waals surface area contributed by atoms with Gasteiger partial charge in [-0.3, -0.25) is 9.69 Å². The van der Waals surface area contributed by atoms with Crippen molar-refractivity contribution in [1.82, 2.24) is 9.97 Å². The number of benzene rings is 1. The summed E-state index contributed by atoms with van der Waals surface area (Å²) in [6, 6.07) is 7.71. The lowest BCUT2D eigenvalue weighted by atomic mass is 10.2. The number of hydrogen-bond acceptors (Lipinski definition) is 6. The maximum Gasteiger partial charge on any atom is 0.328 e. The molecule has 0 bridgehead atoms. The van der Waals surface area contributed by atoms with E-state index in [9.17, 15) is 9.59 Å². The Morgan fingerprint density at radius 3 is 2.57 bits per heavy atom. The molecule has 0 aliphatic heterocycles. The molecule has 3 rings (SSSR count). The van der Waals surface area contributed by atoms with Crippen molar-refractivity contribution in [3.8, 4) is 0 Å². The molecule has 0 saturated heterocycles. The summed E-state index contributed by atoms with van der Waals surface area (Å²) < 4.78 is 0. The van der Waals surface area contributed by atoms with E-state index in [2.05, 4.69) is 9.97 Å². The zero-order valence-electron chi connectivity index (χ0n) is 15.2. The van der Waals surface area contributed by atoms with Crippen LogP contribution in [0.15, 0.2) is 41.9 Å². The summed E-state index contributed by atoms with van der Waals surface area (Å²) in [7, 11) is 0. The molecule has 0 aliphatic carbocycles. The second-order valence-electron chi connectivity index (χ2n) is 5.85. The first-order valence-electron chi connectivity index (χ1n) is 8.30. The van der Waals surface area contributed by atoms with Gasteiger partial charge in [0.1, 0.15) is 5.01 Å². The number of carbonyl (C=O) groups excluding carboxylic acids is 1. The molecule has 0 atom stereocenters. The van der Waals surface area contributed by atoms with Gasteiger partial charge in [-0.2, -0.15) is 0 Å². The van der Waals surface area contributed by atoms with Gasteiger partial charge in [0.25, 0.3) is 0 Å². The van der Waals surface area contributed by atoms with Gasteiger partial charge in [0.05, 0.1) is 11.4 Å². The van der Waals surface area contributed by atoms with Crippen LogP contribution in [0.3, 0.4) is 0 Å². The molecule has 1 N–H and O–H groups in total. The molecular weight excluding hydrogens is 394 g/mol. The molecule has 1 amide bonds. The highest BCUT2D eigenvalue weighted by molar-refractivity contribution is 7.14. The number of aryl methyl sites for hydroxylation is 1. The van der Waals surface area contributed by atoms with Crippen LogP contribution in [0, 0.1) is 6.92 Å². The van der Waals surface area contributed by atoms with E-state index in [1.807, 2.05) is 48.7 Å². The van der Waals surface area contributed by atoms with Gasteiger partial charge in [0.2, 0.25) is 5.91 Å². The van der Waals surface area contributed by atoms with Crippen molar-refractivity contribution in [3.05, 3.63) is 63.1 Å². The fourth-order valence-corrected chi connectivity index (χ4v) is 3.92. The van der Waals surface area contributed by atoms with Gasteiger partial charge < -0.3 is 5.11 Å². The zero-order valence-corrected chi connectivity index (χ0v) is 16.8. The molecule has 6 nitrogen and oxygen atoms in total. The number of carboxylic acid groups (broad SMARTS) is 1. The van der Waals surface area contributed by atoms with Crippen LogP contribution in [-0.4, -0.2) is 27.0 Å². The average molecular weight is 412 g/mol. The van der Waals surface area contributed by atoms with Crippen molar-refractivity contribution in [2.75, 3.05) is 4.90 Å². The third kappa shape index (κ3) is 4.99. The van der Waals surface area contributed by atoms with E-state index in [1.165, 1.54) is 35.7 Å². The van der Waals surface area contributed by atoms with Crippen LogP contribution in [0.25, 0.3) is 18.2 Å². The minimum absolute atomic E-state index is 0.108. The Hall–Kier alpha value is -3.10. The molecule has 0 radical (unpaired) electrons. The Morgan fingerprint density at radius 1 is 1.14 bits per heavy atom. The lowest BCUT2D eigenvalue weighted by Crippen LogP contribution is -2.22. The summed E-state index contributed by atoms with van der Waals surface area (Å²) >= 11 is 2.76. The van der Waals surface area contributed by atoms with Gasteiger partial charge in [-0.15, -0.1) is 22.7 Å². The van der Waals surface area contributed by atoms with Gasteiger partial charge >= 0.3 is 5.97 Å². The monoisotopic (exact) mass is 411 g/mol. The highest BCUT2D eigenvalue weighted by atomic mass is 32.1. The van der Waals surface area contributed by atoms with E-state index >= 15 is 0 Å². The molecule has 2 aromatic heterocycles. The van der Waals surface area contributed by atoms with Crippen LogP contribution in [0.5, 0.6) is 0 Å². The van der Waals surface area contributed by atoms with Crippen molar-refractivity contribution < 1.29 is 14.7 Å². The zero-order chi connectivity index (χ0) is 20.1. The SMILES string of the molecule is CC(=O)N(c1ccc(C)cc1)c1nc(/C=C/c2ncc(/C=C/C(=O)O)s2)cs1. The Balaban J connectivity index is 1.77. The fraction of sp³-hybridized carbons (Fsp3) is 0.100. The van der Waals surface area contributed by atoms with Crippen LogP contribution in [0.4, 0.5) is 10.8 Å². The maximum absolute atomic E-state index is 12.1. The van der Waals surface area contributed by atoms with Gasteiger partial charge in [0, 0.05) is 29.5 Å². The first-order valence-corrected chi connectivity index (χ1v) is 10.00. The Labute approximate surface area is 170 Å². The highest BCUT2D eigenvalue weighted by Crippen LogP contribution is 2.29. The summed E-state index contributed by atoms with van der Waals surface area (Å²) in [5, 5.41) is 11.9. The summed E-state index contributed by atoms with van der Waals surface area (Å²) in [6.45, 7) is 3.51. The standard InChI is InChI=1S/C20H17N3O3S2/c1-13-3-6-16(7-4-13)23(14(2)24)20-22-15(12-27-20)5-9-18-21-11-17(28-18)8-10-19(25)26/h3-12H,1-2H3,(H,25,26)/b9-5+,10-8+. The fourth-order valence-electron chi connectivity index (χ4n) is 2.34. The lowest BCUT2D eigenvalue weighted by Gasteiger charge is -2.18. The number of carboxylic acids is 1. The molecule has 0 spiro atoms. The third-order valence-corrected chi connectivity index (χ3v) is 5.41. The normalized spacial score (nSPS) is 11.4. The Kier molecular flexibility index (Phi) is 6.13. The Bertz CT molecular complexity index is 1050. The molecule has 8 heteroatoms. The molecule has 0 saturated carbocycles. The van der Waals surface area contributed by atoms with Crippen molar-refractivity contribution in [1.29, 1.82) is 0 Å². The lowest BCUT2D eigenvalue weighted by molar-refractivity contribution is -0.131. The van der Waals surface area contributed by atoms with Crippen LogP contribution in [0.2, 0.25) is 0 Å². The molecule has 142 valence electrons. The van der Waals surface area contributed by atoms with E-state index in [0.29, 0.717) is 5.13 Å². The average Bonchev–Trinajstić information content (AvgIpc) is 3.29. The topological polar surface area (TPSA) is 83.4 Å². The number of rotatable bonds is 6. The summed E-state index contributed by atoms with van der Waals surface area (Å²) in [5.74, 6) is -1.10. The van der Waals surface area contributed by atoms with Crippen LogP contribution >= 0.6 is 22.7 Å². The van der Waals surface area contributed by atoms with Crippen LogP contribution in [0.1, 0.15) is 28.1 Å². The molecule has 28 heavy (non-hydrogen) atoms. The van der Waals surface area contributed by atoms with Crippen LogP contribution < -0.4 is 4.90 Å². The highest BCUT2D eigenvalue weighted by Gasteiger charge is 2.17. The van der Waals surface area contributed by atoms with Crippen LogP contribution in [-0.2, 0) is 9.59 Å². The largest absolute Gasteiger partial charge is 0.478 e. The van der Waals surface area contributed by atoms with Gasteiger partial charge in [-0.1, -0.05) is 17.7 Å². The quantitative estimate of drug-likeness (QED) is 0.586. The summed E-state index contributed by atoms with van der Waals surface area (Å²) in [4.78, 5) is 33.8. The first-order chi connectivity index (χ1) is 13.4. The van der Waals surface area contributed by atoms with Crippen molar-refractivity contribution >= 4 is 63.6 Å². The van der Waals surface area contributed by atoms with Crippen molar-refractivity contribution in [2.24, 2.45) is 0 Å². The smallest absolute Gasteiger partial charge is 0.328 e. The number of thiazole rings is 2. The summed E-state index contributed by atoms with van der Waals surface area (Å²) in [6.07, 6.45) is 7.83. The summed E-state index contributed by atoms with van der Waals surface area (Å²) in [5.41, 5.74) is 2.62. The number of carbonyl (C=O) groups is 2. The second-order valence-corrected chi connectivity index (χ2v) is 7.78. The molecule has 3 aromatic rings. The number of amides is 1. The molecule has 1 aromatic carbocycles. The molecule has 2 heterocycles. The number of hydrogen-bond donors (Lipinski definition) is 1. The first kappa shape index (κ1) is 19.7. The van der Waals surface area contributed by atoms with Gasteiger partial charge in [0.15, 0.2) is 5.13 Å². The van der Waals surface area contributed by atoms with E-state index in [1.54, 1.807) is 11.1 Å². The molecular formula is C20H17N3O3S2. The third-order valence-electron chi connectivity index (χ3n) is 3.64. The minimum Gasteiger partial charge on any atom is -0.478 e. The molecule has 0 aliphatic rings. The maximum atomic E-state index is 12.1. The van der Waals surface area contributed by atoms with Crippen molar-refractivity contribution in [3.63, 3.8) is 0 Å². The number of aromatic nitrogens is 2. The van der Waals surface area contributed by atoms with E-state index in [-0.39, 0.29) is 5.91 Å². The second kappa shape index (κ2) is 8.73. The Morgan fingerprint density at radius 2 is 1.89 bits per heavy atom. The van der Waals surface area contributed by atoms with E-state index in [0.717, 1.165) is 32.9 Å². The predicted molar refractivity (Wildman–Crippen MR) is 114 cm³/mol. The number of nitrogens with zero attached hydrogens (tertiary/aromatic N) is 3.